The molecule has 0 aliphatic heterocycles. The van der Waals surface area contributed by atoms with Gasteiger partial charge in [0, 0.05) is 18.4 Å². The SMILES string of the molecule is Cc1ccc(NC(=O)CN(C)C(=O)CNc2cccc(C)c2C)cc1. The summed E-state index contributed by atoms with van der Waals surface area (Å²) in [5.41, 5.74) is 5.08. The summed E-state index contributed by atoms with van der Waals surface area (Å²) in [6.07, 6.45) is 0. The molecule has 0 atom stereocenters. The van der Waals surface area contributed by atoms with E-state index in [9.17, 15) is 9.59 Å². The number of nitrogens with one attached hydrogen (secondary N) is 2. The van der Waals surface area contributed by atoms with Gasteiger partial charge in [0.2, 0.25) is 11.8 Å². The van der Waals surface area contributed by atoms with Gasteiger partial charge in [0.25, 0.3) is 0 Å². The fraction of sp³-hybridized carbons (Fsp3) is 0.300. The maximum absolute atomic E-state index is 12.2. The van der Waals surface area contributed by atoms with E-state index in [1.807, 2.05) is 63.2 Å². The van der Waals surface area contributed by atoms with Crippen LogP contribution in [0.15, 0.2) is 42.5 Å². The molecular weight excluding hydrogens is 314 g/mol. The standard InChI is InChI=1S/C20H25N3O2/c1-14-8-10-17(11-9-14)22-19(24)13-23(4)20(25)12-21-18-7-5-6-15(2)16(18)3/h5-11,21H,12-13H2,1-4H3,(H,22,24). The van der Waals surface area contributed by atoms with E-state index in [2.05, 4.69) is 10.6 Å². The monoisotopic (exact) mass is 339 g/mol. The molecule has 0 radical (unpaired) electrons. The topological polar surface area (TPSA) is 61.4 Å². The summed E-state index contributed by atoms with van der Waals surface area (Å²) < 4.78 is 0. The highest BCUT2D eigenvalue weighted by atomic mass is 16.2. The zero-order chi connectivity index (χ0) is 18.4. The van der Waals surface area contributed by atoms with E-state index in [-0.39, 0.29) is 24.9 Å². The average Bonchev–Trinajstić information content (AvgIpc) is 2.58. The predicted molar refractivity (Wildman–Crippen MR) is 102 cm³/mol. The zero-order valence-corrected chi connectivity index (χ0v) is 15.2. The minimum Gasteiger partial charge on any atom is -0.376 e. The number of carbonyl (C=O) groups excluding carboxylic acids is 2. The van der Waals surface area contributed by atoms with Gasteiger partial charge >= 0.3 is 0 Å². The van der Waals surface area contributed by atoms with Crippen molar-refractivity contribution in [2.75, 3.05) is 30.8 Å². The maximum atomic E-state index is 12.2. The fourth-order valence-corrected chi connectivity index (χ4v) is 2.39. The minimum atomic E-state index is -0.216. The van der Waals surface area contributed by atoms with Gasteiger partial charge in [-0.1, -0.05) is 29.8 Å². The largest absolute Gasteiger partial charge is 0.376 e. The highest BCUT2D eigenvalue weighted by Crippen LogP contribution is 2.17. The number of carbonyl (C=O) groups is 2. The number of benzene rings is 2. The highest BCUT2D eigenvalue weighted by molar-refractivity contribution is 5.95. The molecule has 25 heavy (non-hydrogen) atoms. The number of hydrogen-bond donors (Lipinski definition) is 2. The number of nitrogens with zero attached hydrogens (tertiary/aromatic N) is 1. The maximum Gasteiger partial charge on any atom is 0.243 e. The Balaban J connectivity index is 1.84. The lowest BCUT2D eigenvalue weighted by Crippen LogP contribution is -2.38. The van der Waals surface area contributed by atoms with Gasteiger partial charge in [-0.3, -0.25) is 9.59 Å². The van der Waals surface area contributed by atoms with E-state index in [4.69, 9.17) is 0 Å². The van der Waals surface area contributed by atoms with E-state index < -0.39 is 0 Å². The molecule has 0 bridgehead atoms. The van der Waals surface area contributed by atoms with Crippen molar-refractivity contribution in [2.45, 2.75) is 20.8 Å². The Labute approximate surface area is 149 Å². The predicted octanol–water partition coefficient (Wildman–Crippen LogP) is 3.12. The molecule has 0 saturated carbocycles. The number of rotatable bonds is 6. The van der Waals surface area contributed by atoms with E-state index in [0.29, 0.717) is 0 Å². The van der Waals surface area contributed by atoms with Crippen molar-refractivity contribution in [1.29, 1.82) is 0 Å². The van der Waals surface area contributed by atoms with Gasteiger partial charge in [0.05, 0.1) is 13.1 Å². The molecule has 0 saturated heterocycles. The first-order chi connectivity index (χ1) is 11.9. The van der Waals surface area contributed by atoms with Crippen LogP contribution in [0.5, 0.6) is 0 Å². The van der Waals surface area contributed by atoms with Crippen molar-refractivity contribution in [3.63, 3.8) is 0 Å². The van der Waals surface area contributed by atoms with Gasteiger partial charge in [0.15, 0.2) is 0 Å². The van der Waals surface area contributed by atoms with Crippen molar-refractivity contribution in [3.8, 4) is 0 Å². The molecule has 2 aromatic carbocycles. The lowest BCUT2D eigenvalue weighted by atomic mass is 10.1. The zero-order valence-electron chi connectivity index (χ0n) is 15.2. The summed E-state index contributed by atoms with van der Waals surface area (Å²) in [6.45, 7) is 6.20. The Morgan fingerprint density at radius 1 is 1.00 bits per heavy atom. The van der Waals surface area contributed by atoms with Crippen LogP contribution < -0.4 is 10.6 Å². The van der Waals surface area contributed by atoms with Crippen LogP contribution in [-0.4, -0.2) is 36.9 Å². The van der Waals surface area contributed by atoms with Crippen molar-refractivity contribution >= 4 is 23.2 Å². The van der Waals surface area contributed by atoms with Gasteiger partial charge < -0.3 is 15.5 Å². The molecule has 0 heterocycles. The highest BCUT2D eigenvalue weighted by Gasteiger charge is 2.13. The number of amides is 2. The first kappa shape index (κ1) is 18.5. The van der Waals surface area contributed by atoms with Crippen molar-refractivity contribution < 1.29 is 9.59 Å². The molecule has 5 nitrogen and oxygen atoms in total. The molecular formula is C20H25N3O2. The second-order valence-corrected chi connectivity index (χ2v) is 6.27. The van der Waals surface area contributed by atoms with Crippen LogP contribution >= 0.6 is 0 Å². The van der Waals surface area contributed by atoms with Gasteiger partial charge in [-0.05, 0) is 50.1 Å². The van der Waals surface area contributed by atoms with Crippen molar-refractivity contribution in [1.82, 2.24) is 4.90 Å². The molecule has 132 valence electrons. The van der Waals surface area contributed by atoms with E-state index in [1.54, 1.807) is 7.05 Å². The van der Waals surface area contributed by atoms with Crippen LogP contribution in [-0.2, 0) is 9.59 Å². The molecule has 0 aromatic heterocycles. The molecule has 5 heteroatoms. The Morgan fingerprint density at radius 2 is 1.68 bits per heavy atom. The third kappa shape index (κ3) is 5.35. The number of hydrogen-bond acceptors (Lipinski definition) is 3. The third-order valence-electron chi connectivity index (χ3n) is 4.18. The van der Waals surface area contributed by atoms with Crippen LogP contribution in [0.1, 0.15) is 16.7 Å². The van der Waals surface area contributed by atoms with Crippen LogP contribution in [0.4, 0.5) is 11.4 Å². The molecule has 0 aliphatic rings. The number of likely N-dealkylation sites (N-methyl/N-ethyl adjacent to an activating group) is 1. The Bertz CT molecular complexity index is 754. The Morgan fingerprint density at radius 3 is 2.36 bits per heavy atom. The smallest absolute Gasteiger partial charge is 0.243 e. The summed E-state index contributed by atoms with van der Waals surface area (Å²) >= 11 is 0. The molecule has 0 unspecified atom stereocenters. The second kappa shape index (κ2) is 8.33. The van der Waals surface area contributed by atoms with Crippen LogP contribution in [0.2, 0.25) is 0 Å². The van der Waals surface area contributed by atoms with Crippen molar-refractivity contribution in [3.05, 3.63) is 59.2 Å². The quantitative estimate of drug-likeness (QED) is 0.850. The normalized spacial score (nSPS) is 10.2. The average molecular weight is 339 g/mol. The van der Waals surface area contributed by atoms with E-state index >= 15 is 0 Å². The summed E-state index contributed by atoms with van der Waals surface area (Å²) in [7, 11) is 1.63. The Kier molecular flexibility index (Phi) is 6.17. The first-order valence-electron chi connectivity index (χ1n) is 8.27. The van der Waals surface area contributed by atoms with Crippen LogP contribution in [0.3, 0.4) is 0 Å². The van der Waals surface area contributed by atoms with Crippen molar-refractivity contribution in [2.24, 2.45) is 0 Å². The van der Waals surface area contributed by atoms with Gasteiger partial charge in [-0.25, -0.2) is 0 Å². The molecule has 2 aromatic rings. The van der Waals surface area contributed by atoms with Crippen LogP contribution in [0.25, 0.3) is 0 Å². The fourth-order valence-electron chi connectivity index (χ4n) is 2.39. The van der Waals surface area contributed by atoms with Gasteiger partial charge in [-0.15, -0.1) is 0 Å². The molecule has 0 aliphatic carbocycles. The van der Waals surface area contributed by atoms with E-state index in [0.717, 1.165) is 22.5 Å². The molecule has 0 spiro atoms. The van der Waals surface area contributed by atoms with Gasteiger partial charge in [-0.2, -0.15) is 0 Å². The third-order valence-corrected chi connectivity index (χ3v) is 4.18. The lowest BCUT2D eigenvalue weighted by molar-refractivity contribution is -0.131. The van der Waals surface area contributed by atoms with Crippen LogP contribution in [0, 0.1) is 20.8 Å². The summed E-state index contributed by atoms with van der Waals surface area (Å²) in [5, 5.41) is 5.93. The van der Waals surface area contributed by atoms with Gasteiger partial charge in [0.1, 0.15) is 0 Å². The Hall–Kier alpha value is -2.82. The summed E-state index contributed by atoms with van der Waals surface area (Å²) in [5.74, 6) is -0.355. The van der Waals surface area contributed by atoms with E-state index in [1.165, 1.54) is 10.5 Å². The molecule has 0 fully saturated rings. The summed E-state index contributed by atoms with van der Waals surface area (Å²) in [6, 6.07) is 13.5. The lowest BCUT2D eigenvalue weighted by Gasteiger charge is -2.18. The second-order valence-electron chi connectivity index (χ2n) is 6.27. The number of anilines is 2. The minimum absolute atomic E-state index is 0.0151. The number of aryl methyl sites for hydroxylation is 2. The first-order valence-corrected chi connectivity index (χ1v) is 8.27. The molecule has 2 N–H and O–H groups in total. The molecule has 2 rings (SSSR count). The molecule has 2 amide bonds. The summed E-state index contributed by atoms with van der Waals surface area (Å²) in [4.78, 5) is 25.7.